The molecule has 1 aliphatic heterocycles. The van der Waals surface area contributed by atoms with Gasteiger partial charge in [-0.1, -0.05) is 6.07 Å². The maximum absolute atomic E-state index is 12.2. The number of amidine groups is 1. The number of carbonyl (C=O) groups is 2. The van der Waals surface area contributed by atoms with Crippen molar-refractivity contribution in [3.8, 4) is 11.5 Å². The highest BCUT2D eigenvalue weighted by Crippen LogP contribution is 2.32. The van der Waals surface area contributed by atoms with Crippen molar-refractivity contribution in [2.45, 2.75) is 0 Å². The summed E-state index contributed by atoms with van der Waals surface area (Å²) < 4.78 is 10.5. The van der Waals surface area contributed by atoms with Crippen molar-refractivity contribution in [2.24, 2.45) is 4.99 Å². The number of benzene rings is 2. The van der Waals surface area contributed by atoms with Crippen LogP contribution < -0.4 is 14.8 Å². The van der Waals surface area contributed by atoms with Gasteiger partial charge in [0.25, 0.3) is 5.91 Å². The van der Waals surface area contributed by atoms with Gasteiger partial charge in [-0.2, -0.15) is 0 Å². The molecule has 2 aromatic carbocycles. The molecule has 1 heterocycles. The minimum atomic E-state index is -1.03. The molecule has 27 heavy (non-hydrogen) atoms. The van der Waals surface area contributed by atoms with Crippen molar-refractivity contribution in [3.63, 3.8) is 0 Å². The summed E-state index contributed by atoms with van der Waals surface area (Å²) in [5.74, 6) is -0.0914. The molecule has 1 fully saturated rings. The van der Waals surface area contributed by atoms with E-state index in [0.29, 0.717) is 27.3 Å². The number of amides is 1. The molecule has 0 saturated carbocycles. The molecule has 7 nitrogen and oxygen atoms in total. The average molecular weight is 384 g/mol. The Balaban J connectivity index is 1.86. The molecule has 0 aliphatic carbocycles. The molecule has 0 atom stereocenters. The number of aliphatic imine (C=N–C) groups is 1. The Labute approximate surface area is 159 Å². The second-order valence-corrected chi connectivity index (χ2v) is 6.48. The fraction of sp³-hybridized carbons (Fsp3) is 0.105. The number of carboxylic acids is 1. The zero-order valence-corrected chi connectivity index (χ0v) is 15.4. The fourth-order valence-electron chi connectivity index (χ4n) is 2.39. The van der Waals surface area contributed by atoms with Crippen molar-refractivity contribution < 1.29 is 24.2 Å². The van der Waals surface area contributed by atoms with Crippen molar-refractivity contribution in [1.82, 2.24) is 5.32 Å². The standard InChI is InChI=1S/C19H16N2O5S/c1-25-14-7-6-11(15(10-14)26-2)9-16-17(22)21-19(27-16)20-13-5-3-4-12(8-13)18(23)24/h3-10H,1-2H3,(H,23,24)(H,20,21,22)/b16-9+. The number of aromatic carboxylic acids is 1. The summed E-state index contributed by atoms with van der Waals surface area (Å²) in [4.78, 5) is 28.0. The SMILES string of the molecule is COc1ccc(/C=C2/SC(=Nc3cccc(C(=O)O)c3)NC2=O)c(OC)c1. The van der Waals surface area contributed by atoms with Crippen LogP contribution in [0.25, 0.3) is 6.08 Å². The Morgan fingerprint density at radius 1 is 1.19 bits per heavy atom. The Kier molecular flexibility index (Phi) is 5.46. The zero-order chi connectivity index (χ0) is 19.4. The lowest BCUT2D eigenvalue weighted by Gasteiger charge is -2.07. The third kappa shape index (κ3) is 4.29. The maximum Gasteiger partial charge on any atom is 0.335 e. The minimum Gasteiger partial charge on any atom is -0.497 e. The summed E-state index contributed by atoms with van der Waals surface area (Å²) in [7, 11) is 3.11. The van der Waals surface area contributed by atoms with E-state index in [0.717, 1.165) is 5.56 Å². The highest BCUT2D eigenvalue weighted by molar-refractivity contribution is 8.18. The first-order valence-electron chi connectivity index (χ1n) is 7.85. The Hall–Kier alpha value is -3.26. The van der Waals surface area contributed by atoms with Gasteiger partial charge in [0.2, 0.25) is 0 Å². The number of nitrogens with one attached hydrogen (secondary N) is 1. The molecule has 0 bridgehead atoms. The molecule has 3 rings (SSSR count). The largest absolute Gasteiger partial charge is 0.497 e. The van der Waals surface area contributed by atoms with Gasteiger partial charge in [-0.15, -0.1) is 0 Å². The first kappa shape index (κ1) is 18.5. The second kappa shape index (κ2) is 7.96. The monoisotopic (exact) mass is 384 g/mol. The maximum atomic E-state index is 12.2. The van der Waals surface area contributed by atoms with Crippen LogP contribution in [0, 0.1) is 0 Å². The van der Waals surface area contributed by atoms with Crippen LogP contribution in [0.3, 0.4) is 0 Å². The molecule has 138 valence electrons. The fourth-order valence-corrected chi connectivity index (χ4v) is 3.22. The zero-order valence-electron chi connectivity index (χ0n) is 14.6. The first-order valence-corrected chi connectivity index (χ1v) is 8.67. The summed E-state index contributed by atoms with van der Waals surface area (Å²) in [6.45, 7) is 0. The van der Waals surface area contributed by atoms with Crippen molar-refractivity contribution >= 4 is 40.6 Å². The molecule has 0 aromatic heterocycles. The van der Waals surface area contributed by atoms with E-state index in [1.54, 1.807) is 50.6 Å². The molecule has 8 heteroatoms. The third-order valence-corrected chi connectivity index (χ3v) is 4.61. The summed E-state index contributed by atoms with van der Waals surface area (Å²) in [6.07, 6.45) is 1.70. The molecule has 0 unspecified atom stereocenters. The van der Waals surface area contributed by atoms with Gasteiger partial charge in [-0.25, -0.2) is 9.79 Å². The van der Waals surface area contributed by atoms with E-state index in [-0.39, 0.29) is 11.5 Å². The Morgan fingerprint density at radius 3 is 2.70 bits per heavy atom. The predicted molar refractivity (Wildman–Crippen MR) is 104 cm³/mol. The normalized spacial score (nSPS) is 16.4. The molecule has 1 amide bonds. The molecule has 2 aromatic rings. The van der Waals surface area contributed by atoms with E-state index in [4.69, 9.17) is 14.6 Å². The van der Waals surface area contributed by atoms with Gasteiger partial charge >= 0.3 is 5.97 Å². The van der Waals surface area contributed by atoms with E-state index in [1.807, 2.05) is 0 Å². The highest BCUT2D eigenvalue weighted by atomic mass is 32.2. The lowest BCUT2D eigenvalue weighted by Crippen LogP contribution is -2.19. The van der Waals surface area contributed by atoms with Crippen LogP contribution >= 0.6 is 11.8 Å². The van der Waals surface area contributed by atoms with E-state index < -0.39 is 5.97 Å². The summed E-state index contributed by atoms with van der Waals surface area (Å²) in [6, 6.07) is 11.5. The van der Waals surface area contributed by atoms with Gasteiger partial charge in [0.15, 0.2) is 5.17 Å². The van der Waals surface area contributed by atoms with Crippen LogP contribution in [0.4, 0.5) is 5.69 Å². The number of nitrogens with zero attached hydrogens (tertiary/aromatic N) is 1. The van der Waals surface area contributed by atoms with E-state index in [9.17, 15) is 9.59 Å². The van der Waals surface area contributed by atoms with Crippen molar-refractivity contribution in [3.05, 3.63) is 58.5 Å². The summed E-state index contributed by atoms with van der Waals surface area (Å²) >= 11 is 1.17. The number of thioether (sulfide) groups is 1. The molecule has 1 aliphatic rings. The van der Waals surface area contributed by atoms with Crippen LogP contribution in [0.15, 0.2) is 52.4 Å². The number of hydrogen-bond donors (Lipinski definition) is 2. The highest BCUT2D eigenvalue weighted by Gasteiger charge is 2.24. The lowest BCUT2D eigenvalue weighted by atomic mass is 10.1. The molecular weight excluding hydrogens is 368 g/mol. The smallest absolute Gasteiger partial charge is 0.335 e. The van der Waals surface area contributed by atoms with Crippen molar-refractivity contribution in [1.29, 1.82) is 0 Å². The lowest BCUT2D eigenvalue weighted by molar-refractivity contribution is -0.115. The Bertz CT molecular complexity index is 968. The number of methoxy groups -OCH3 is 2. The quantitative estimate of drug-likeness (QED) is 0.768. The number of rotatable bonds is 5. The molecular formula is C19H16N2O5S. The van der Waals surface area contributed by atoms with Crippen LogP contribution in [-0.2, 0) is 4.79 Å². The molecule has 2 N–H and O–H groups in total. The average Bonchev–Trinajstić information content (AvgIpc) is 3.01. The summed E-state index contributed by atoms with van der Waals surface area (Å²) in [5, 5.41) is 12.1. The first-order chi connectivity index (χ1) is 13.0. The minimum absolute atomic E-state index is 0.130. The van der Waals surface area contributed by atoms with Crippen LogP contribution in [0.5, 0.6) is 11.5 Å². The van der Waals surface area contributed by atoms with E-state index in [2.05, 4.69) is 10.3 Å². The number of hydrogen-bond acceptors (Lipinski definition) is 6. The molecule has 0 spiro atoms. The second-order valence-electron chi connectivity index (χ2n) is 5.45. The van der Waals surface area contributed by atoms with Gasteiger partial charge < -0.3 is 19.9 Å². The van der Waals surface area contributed by atoms with Gasteiger partial charge in [0.05, 0.1) is 30.4 Å². The molecule has 1 saturated heterocycles. The molecule has 0 radical (unpaired) electrons. The van der Waals surface area contributed by atoms with Gasteiger partial charge in [-0.05, 0) is 48.2 Å². The summed E-state index contributed by atoms with van der Waals surface area (Å²) in [5.41, 5.74) is 1.30. The van der Waals surface area contributed by atoms with Gasteiger partial charge in [-0.3, -0.25) is 4.79 Å². The van der Waals surface area contributed by atoms with Gasteiger partial charge in [0, 0.05) is 11.6 Å². The van der Waals surface area contributed by atoms with Crippen LogP contribution in [0.1, 0.15) is 15.9 Å². The van der Waals surface area contributed by atoms with E-state index >= 15 is 0 Å². The number of carbonyl (C=O) groups excluding carboxylic acids is 1. The number of ether oxygens (including phenoxy) is 2. The van der Waals surface area contributed by atoms with Crippen LogP contribution in [-0.4, -0.2) is 36.4 Å². The number of carboxylic acid groups (broad SMARTS) is 1. The van der Waals surface area contributed by atoms with Crippen LogP contribution in [0.2, 0.25) is 0 Å². The third-order valence-electron chi connectivity index (χ3n) is 3.70. The predicted octanol–water partition coefficient (Wildman–Crippen LogP) is 3.29. The van der Waals surface area contributed by atoms with E-state index in [1.165, 1.54) is 23.9 Å². The Morgan fingerprint density at radius 2 is 2.00 bits per heavy atom. The topological polar surface area (TPSA) is 97.2 Å². The van der Waals surface area contributed by atoms with Gasteiger partial charge in [0.1, 0.15) is 11.5 Å². The van der Waals surface area contributed by atoms with Crippen molar-refractivity contribution in [2.75, 3.05) is 14.2 Å².